The SMILES string of the molecule is C[C@@H]1Cc2ccccc2N1C(=O)CC1NC(=O)C(F)C(N2CCOCC2)N1. The second-order valence-corrected chi connectivity index (χ2v) is 7.37. The van der Waals surface area contributed by atoms with Gasteiger partial charge in [0.1, 0.15) is 6.17 Å². The minimum atomic E-state index is -1.67. The molecule has 3 aliphatic heterocycles. The number of morpholine rings is 1. The Bertz CT molecular complexity index is 725. The van der Waals surface area contributed by atoms with Gasteiger partial charge in [0.05, 0.1) is 25.8 Å². The van der Waals surface area contributed by atoms with Gasteiger partial charge in [0.15, 0.2) is 0 Å². The van der Waals surface area contributed by atoms with E-state index in [1.54, 1.807) is 4.90 Å². The molecule has 1 aromatic carbocycles. The molecule has 0 bridgehead atoms. The summed E-state index contributed by atoms with van der Waals surface area (Å²) in [5.74, 6) is -0.749. The summed E-state index contributed by atoms with van der Waals surface area (Å²) in [6.07, 6.45) is -2.10. The van der Waals surface area contributed by atoms with Crippen molar-refractivity contribution in [1.82, 2.24) is 15.5 Å². The number of para-hydroxylation sites is 1. The number of hydrogen-bond acceptors (Lipinski definition) is 5. The van der Waals surface area contributed by atoms with Crippen LogP contribution in [0, 0.1) is 0 Å². The second kappa shape index (κ2) is 7.53. The fourth-order valence-electron chi connectivity index (χ4n) is 4.20. The van der Waals surface area contributed by atoms with Gasteiger partial charge in [0.2, 0.25) is 12.1 Å². The van der Waals surface area contributed by atoms with Crippen LogP contribution in [0.3, 0.4) is 0 Å². The molecular weight excluding hydrogens is 351 g/mol. The molecule has 4 rings (SSSR count). The Morgan fingerprint density at radius 1 is 1.30 bits per heavy atom. The van der Waals surface area contributed by atoms with E-state index in [0.717, 1.165) is 17.7 Å². The average molecular weight is 376 g/mol. The Balaban J connectivity index is 1.45. The van der Waals surface area contributed by atoms with E-state index in [2.05, 4.69) is 10.6 Å². The molecule has 0 radical (unpaired) electrons. The molecule has 8 heteroatoms. The van der Waals surface area contributed by atoms with Gasteiger partial charge in [-0.25, -0.2) is 4.39 Å². The van der Waals surface area contributed by atoms with E-state index in [-0.39, 0.29) is 18.4 Å². The zero-order valence-corrected chi connectivity index (χ0v) is 15.4. The molecule has 1 aromatic rings. The first-order chi connectivity index (χ1) is 13.0. The molecule has 2 saturated heterocycles. The molecule has 0 spiro atoms. The summed E-state index contributed by atoms with van der Waals surface area (Å²) in [5.41, 5.74) is 2.07. The Morgan fingerprint density at radius 3 is 2.81 bits per heavy atom. The third-order valence-electron chi connectivity index (χ3n) is 5.51. The van der Waals surface area contributed by atoms with Crippen LogP contribution >= 0.6 is 0 Å². The van der Waals surface area contributed by atoms with Gasteiger partial charge in [-0.1, -0.05) is 18.2 Å². The van der Waals surface area contributed by atoms with Gasteiger partial charge in [0.25, 0.3) is 5.91 Å². The first-order valence-corrected chi connectivity index (χ1v) is 9.47. The molecule has 27 heavy (non-hydrogen) atoms. The van der Waals surface area contributed by atoms with E-state index < -0.39 is 24.4 Å². The Hall–Kier alpha value is -2.03. The van der Waals surface area contributed by atoms with Crippen LogP contribution < -0.4 is 15.5 Å². The third kappa shape index (κ3) is 3.56. The van der Waals surface area contributed by atoms with Crippen molar-refractivity contribution in [1.29, 1.82) is 0 Å². The van der Waals surface area contributed by atoms with Crippen molar-refractivity contribution in [2.45, 2.75) is 44.3 Å². The number of ether oxygens (including phenoxy) is 1. The van der Waals surface area contributed by atoms with Gasteiger partial charge in [-0.3, -0.25) is 19.8 Å². The molecule has 2 N–H and O–H groups in total. The van der Waals surface area contributed by atoms with Gasteiger partial charge >= 0.3 is 0 Å². The highest BCUT2D eigenvalue weighted by Crippen LogP contribution is 2.32. The highest BCUT2D eigenvalue weighted by Gasteiger charge is 2.41. The van der Waals surface area contributed by atoms with Gasteiger partial charge in [-0.2, -0.15) is 0 Å². The van der Waals surface area contributed by atoms with Crippen LogP contribution in [0.5, 0.6) is 0 Å². The van der Waals surface area contributed by atoms with Crippen molar-refractivity contribution in [3.63, 3.8) is 0 Å². The summed E-state index contributed by atoms with van der Waals surface area (Å²) in [5, 5.41) is 5.71. The number of anilines is 1. The Morgan fingerprint density at radius 2 is 2.04 bits per heavy atom. The summed E-state index contributed by atoms with van der Waals surface area (Å²) in [4.78, 5) is 28.7. The fraction of sp³-hybridized carbons (Fsp3) is 0.579. The average Bonchev–Trinajstić information content (AvgIpc) is 3.01. The molecular formula is C19H25FN4O3. The molecule has 7 nitrogen and oxygen atoms in total. The van der Waals surface area contributed by atoms with Gasteiger partial charge in [-0.15, -0.1) is 0 Å². The highest BCUT2D eigenvalue weighted by atomic mass is 19.1. The normalized spacial score (nSPS) is 31.5. The third-order valence-corrected chi connectivity index (χ3v) is 5.51. The van der Waals surface area contributed by atoms with Crippen molar-refractivity contribution < 1.29 is 18.7 Å². The van der Waals surface area contributed by atoms with E-state index in [4.69, 9.17) is 4.74 Å². The lowest BCUT2D eigenvalue weighted by atomic mass is 10.1. The van der Waals surface area contributed by atoms with Crippen LogP contribution in [-0.4, -0.2) is 67.6 Å². The van der Waals surface area contributed by atoms with Crippen LogP contribution in [0.2, 0.25) is 0 Å². The lowest BCUT2D eigenvalue weighted by Gasteiger charge is -2.41. The van der Waals surface area contributed by atoms with Gasteiger partial charge < -0.3 is 15.0 Å². The summed E-state index contributed by atoms with van der Waals surface area (Å²) >= 11 is 0. The van der Waals surface area contributed by atoms with Crippen LogP contribution in [-0.2, 0) is 20.7 Å². The lowest BCUT2D eigenvalue weighted by Crippen LogP contribution is -2.69. The number of rotatable bonds is 3. The number of carbonyl (C=O) groups excluding carboxylic acids is 2. The topological polar surface area (TPSA) is 73.9 Å². The fourth-order valence-corrected chi connectivity index (χ4v) is 4.20. The Labute approximate surface area is 157 Å². The van der Waals surface area contributed by atoms with Crippen molar-refractivity contribution >= 4 is 17.5 Å². The number of nitrogens with zero attached hydrogens (tertiary/aromatic N) is 2. The first kappa shape index (κ1) is 18.3. The van der Waals surface area contributed by atoms with Gasteiger partial charge in [0, 0.05) is 24.8 Å². The maximum absolute atomic E-state index is 14.4. The molecule has 3 heterocycles. The number of benzene rings is 1. The standard InChI is InChI=1S/C19H25FN4O3/c1-12-10-13-4-2-3-5-14(13)24(12)16(25)11-15-21-18(17(20)19(26)22-15)23-6-8-27-9-7-23/h2-5,12,15,17-18,21H,6-11H2,1H3,(H,22,26)/t12-,15?,17?,18?/m1/s1. The predicted octanol–water partition coefficient (Wildman–Crippen LogP) is 0.396. The van der Waals surface area contributed by atoms with Gasteiger partial charge in [-0.05, 0) is 25.0 Å². The smallest absolute Gasteiger partial charge is 0.258 e. The number of alkyl halides is 1. The summed E-state index contributed by atoms with van der Waals surface area (Å²) in [7, 11) is 0. The zero-order valence-electron chi connectivity index (χ0n) is 15.4. The summed E-state index contributed by atoms with van der Waals surface area (Å²) in [6, 6.07) is 7.93. The molecule has 0 saturated carbocycles. The maximum atomic E-state index is 14.4. The van der Waals surface area contributed by atoms with Crippen molar-refractivity contribution in [3.8, 4) is 0 Å². The van der Waals surface area contributed by atoms with Crippen molar-refractivity contribution in [3.05, 3.63) is 29.8 Å². The molecule has 0 aliphatic carbocycles. The number of halogens is 1. The number of fused-ring (bicyclic) bond motifs is 1. The quantitative estimate of drug-likeness (QED) is 0.799. The molecule has 0 aromatic heterocycles. The van der Waals surface area contributed by atoms with Crippen molar-refractivity contribution in [2.24, 2.45) is 0 Å². The van der Waals surface area contributed by atoms with E-state index >= 15 is 0 Å². The molecule has 3 unspecified atom stereocenters. The lowest BCUT2D eigenvalue weighted by molar-refractivity contribution is -0.137. The Kier molecular flexibility index (Phi) is 5.12. The second-order valence-electron chi connectivity index (χ2n) is 7.37. The number of carbonyl (C=O) groups is 2. The molecule has 2 amide bonds. The van der Waals surface area contributed by atoms with Crippen LogP contribution in [0.1, 0.15) is 18.9 Å². The summed E-state index contributed by atoms with van der Waals surface area (Å²) in [6.45, 7) is 4.15. The zero-order chi connectivity index (χ0) is 19.0. The molecule has 146 valence electrons. The monoisotopic (exact) mass is 376 g/mol. The number of nitrogens with one attached hydrogen (secondary N) is 2. The molecule has 2 fully saturated rings. The number of hydrogen-bond donors (Lipinski definition) is 2. The predicted molar refractivity (Wildman–Crippen MR) is 97.9 cm³/mol. The minimum Gasteiger partial charge on any atom is -0.379 e. The minimum absolute atomic E-state index is 0.0677. The van der Waals surface area contributed by atoms with Crippen LogP contribution in [0.15, 0.2) is 24.3 Å². The highest BCUT2D eigenvalue weighted by molar-refractivity contribution is 5.97. The van der Waals surface area contributed by atoms with E-state index in [1.165, 1.54) is 0 Å². The number of amides is 2. The van der Waals surface area contributed by atoms with E-state index in [9.17, 15) is 14.0 Å². The van der Waals surface area contributed by atoms with Crippen LogP contribution in [0.4, 0.5) is 10.1 Å². The maximum Gasteiger partial charge on any atom is 0.258 e. The summed E-state index contributed by atoms with van der Waals surface area (Å²) < 4.78 is 19.7. The molecule has 3 aliphatic rings. The van der Waals surface area contributed by atoms with Crippen LogP contribution in [0.25, 0.3) is 0 Å². The first-order valence-electron chi connectivity index (χ1n) is 9.47. The van der Waals surface area contributed by atoms with E-state index in [1.807, 2.05) is 36.1 Å². The largest absolute Gasteiger partial charge is 0.379 e. The van der Waals surface area contributed by atoms with Crippen molar-refractivity contribution in [2.75, 3.05) is 31.2 Å². The van der Waals surface area contributed by atoms with E-state index in [0.29, 0.717) is 26.3 Å². The molecule has 4 atom stereocenters.